The third-order valence-electron chi connectivity index (χ3n) is 2.61. The highest BCUT2D eigenvalue weighted by Gasteiger charge is 2.12. The molecular weight excluding hydrogens is 204 g/mol. The molecule has 0 aliphatic rings. The Hall–Kier alpha value is -1.29. The number of hydrogen-bond acceptors (Lipinski definition) is 3. The van der Waals surface area contributed by atoms with E-state index in [2.05, 4.69) is 0 Å². The Kier molecular flexibility index (Phi) is 4.55. The molecule has 1 amide bonds. The molecular formula is C12H20N2O2. The zero-order chi connectivity index (χ0) is 12.1. The van der Waals surface area contributed by atoms with Gasteiger partial charge in [-0.25, -0.2) is 0 Å². The van der Waals surface area contributed by atoms with E-state index >= 15 is 0 Å². The number of rotatable bonds is 5. The summed E-state index contributed by atoms with van der Waals surface area (Å²) in [6.07, 6.45) is 2.88. The molecule has 1 heterocycles. The smallest absolute Gasteiger partial charge is 0.222 e. The lowest BCUT2D eigenvalue weighted by Crippen LogP contribution is -2.28. The van der Waals surface area contributed by atoms with Gasteiger partial charge in [0, 0.05) is 31.6 Å². The molecule has 90 valence electrons. The van der Waals surface area contributed by atoms with Crippen LogP contribution >= 0.6 is 0 Å². The van der Waals surface area contributed by atoms with Gasteiger partial charge in [-0.1, -0.05) is 0 Å². The molecule has 0 aliphatic heterocycles. The number of furan rings is 1. The normalized spacial score (nSPS) is 12.5. The first-order valence-corrected chi connectivity index (χ1v) is 5.53. The van der Waals surface area contributed by atoms with Crippen molar-refractivity contribution in [3.63, 3.8) is 0 Å². The Labute approximate surface area is 96.4 Å². The molecule has 4 nitrogen and oxygen atoms in total. The van der Waals surface area contributed by atoms with Gasteiger partial charge in [-0.15, -0.1) is 0 Å². The largest absolute Gasteiger partial charge is 0.469 e. The lowest BCUT2D eigenvalue weighted by atomic mass is 10.1. The van der Waals surface area contributed by atoms with Gasteiger partial charge in [0.25, 0.3) is 0 Å². The molecule has 0 spiro atoms. The van der Waals surface area contributed by atoms with Gasteiger partial charge in [0.1, 0.15) is 5.76 Å². The Balaban J connectivity index is 2.43. The second-order valence-corrected chi connectivity index (χ2v) is 4.27. The number of carbonyl (C=O) groups is 1. The van der Waals surface area contributed by atoms with Gasteiger partial charge in [0.05, 0.1) is 6.26 Å². The van der Waals surface area contributed by atoms with E-state index in [1.165, 1.54) is 0 Å². The number of hydrogen-bond donors (Lipinski definition) is 1. The summed E-state index contributed by atoms with van der Waals surface area (Å²) < 4.78 is 5.19. The van der Waals surface area contributed by atoms with Crippen LogP contribution in [0.15, 0.2) is 16.7 Å². The fourth-order valence-corrected chi connectivity index (χ4v) is 1.46. The van der Waals surface area contributed by atoms with Crippen molar-refractivity contribution in [2.24, 2.45) is 5.73 Å². The molecule has 1 rings (SSSR count). The maximum Gasteiger partial charge on any atom is 0.222 e. The molecule has 1 aromatic heterocycles. The lowest BCUT2D eigenvalue weighted by Gasteiger charge is -2.17. The van der Waals surface area contributed by atoms with E-state index in [-0.39, 0.29) is 11.9 Å². The van der Waals surface area contributed by atoms with Crippen molar-refractivity contribution >= 4 is 5.91 Å². The van der Waals surface area contributed by atoms with Crippen LogP contribution < -0.4 is 5.73 Å². The second kappa shape index (κ2) is 5.70. The fourth-order valence-electron chi connectivity index (χ4n) is 1.46. The average molecular weight is 224 g/mol. The zero-order valence-corrected chi connectivity index (χ0v) is 10.2. The lowest BCUT2D eigenvalue weighted by molar-refractivity contribution is -0.130. The third-order valence-corrected chi connectivity index (χ3v) is 2.61. The Morgan fingerprint density at radius 3 is 2.81 bits per heavy atom. The standard InChI is InChI=1S/C12H20N2O2/c1-9(13)4-5-12(15)14(3)8-11-6-7-16-10(11)2/h6-7,9H,4-5,8,13H2,1-3H3. The minimum Gasteiger partial charge on any atom is -0.469 e. The highest BCUT2D eigenvalue weighted by Crippen LogP contribution is 2.12. The molecule has 0 radical (unpaired) electrons. The van der Waals surface area contributed by atoms with E-state index in [4.69, 9.17) is 10.2 Å². The SMILES string of the molecule is Cc1occc1CN(C)C(=O)CCC(C)N. The summed E-state index contributed by atoms with van der Waals surface area (Å²) in [4.78, 5) is 13.4. The quantitative estimate of drug-likeness (QED) is 0.827. The summed E-state index contributed by atoms with van der Waals surface area (Å²) in [5.74, 6) is 0.991. The molecule has 1 unspecified atom stereocenters. The first kappa shape index (κ1) is 12.8. The fraction of sp³-hybridized carbons (Fsp3) is 0.583. The van der Waals surface area contributed by atoms with Crippen LogP contribution in [0.25, 0.3) is 0 Å². The van der Waals surface area contributed by atoms with E-state index in [1.54, 1.807) is 18.2 Å². The topological polar surface area (TPSA) is 59.5 Å². The highest BCUT2D eigenvalue weighted by molar-refractivity contribution is 5.75. The number of aryl methyl sites for hydroxylation is 1. The maximum absolute atomic E-state index is 11.7. The molecule has 16 heavy (non-hydrogen) atoms. The summed E-state index contributed by atoms with van der Waals surface area (Å²) in [5.41, 5.74) is 6.67. The minimum atomic E-state index is 0.0769. The molecule has 0 aliphatic carbocycles. The molecule has 0 saturated carbocycles. The maximum atomic E-state index is 11.7. The summed E-state index contributed by atoms with van der Waals surface area (Å²) in [6, 6.07) is 1.97. The van der Waals surface area contributed by atoms with Crippen LogP contribution in [0.3, 0.4) is 0 Å². The summed E-state index contributed by atoms with van der Waals surface area (Å²) in [5, 5.41) is 0. The van der Waals surface area contributed by atoms with E-state index < -0.39 is 0 Å². The predicted molar refractivity (Wildman–Crippen MR) is 62.8 cm³/mol. The van der Waals surface area contributed by atoms with E-state index in [9.17, 15) is 4.79 Å². The van der Waals surface area contributed by atoms with Crippen molar-refractivity contribution in [2.75, 3.05) is 7.05 Å². The van der Waals surface area contributed by atoms with Gasteiger partial charge in [-0.05, 0) is 26.3 Å². The van der Waals surface area contributed by atoms with Crippen molar-refractivity contribution < 1.29 is 9.21 Å². The van der Waals surface area contributed by atoms with Gasteiger partial charge in [0.2, 0.25) is 5.91 Å². The molecule has 4 heteroatoms. The van der Waals surface area contributed by atoms with E-state index in [1.807, 2.05) is 19.9 Å². The van der Waals surface area contributed by atoms with Crippen LogP contribution in [0.1, 0.15) is 31.1 Å². The van der Waals surface area contributed by atoms with Crippen molar-refractivity contribution in [3.8, 4) is 0 Å². The monoisotopic (exact) mass is 224 g/mol. The predicted octanol–water partition coefficient (Wildman–Crippen LogP) is 1.67. The van der Waals surface area contributed by atoms with Crippen molar-refractivity contribution in [1.29, 1.82) is 0 Å². The first-order chi connectivity index (χ1) is 7.50. The summed E-state index contributed by atoms with van der Waals surface area (Å²) in [7, 11) is 1.80. The zero-order valence-electron chi connectivity index (χ0n) is 10.2. The van der Waals surface area contributed by atoms with Crippen LogP contribution in [-0.2, 0) is 11.3 Å². The van der Waals surface area contributed by atoms with Gasteiger partial charge < -0.3 is 15.1 Å². The second-order valence-electron chi connectivity index (χ2n) is 4.27. The van der Waals surface area contributed by atoms with Crippen LogP contribution in [-0.4, -0.2) is 23.9 Å². The molecule has 1 aromatic rings. The molecule has 0 fully saturated rings. The Morgan fingerprint density at radius 1 is 1.62 bits per heavy atom. The van der Waals surface area contributed by atoms with Gasteiger partial charge in [-0.2, -0.15) is 0 Å². The van der Waals surface area contributed by atoms with Crippen molar-refractivity contribution in [1.82, 2.24) is 4.90 Å². The van der Waals surface area contributed by atoms with Crippen LogP contribution in [0, 0.1) is 6.92 Å². The Bertz CT molecular complexity index is 345. The number of carbonyl (C=O) groups excluding carboxylic acids is 1. The van der Waals surface area contributed by atoms with Gasteiger partial charge in [-0.3, -0.25) is 4.79 Å². The van der Waals surface area contributed by atoms with Crippen LogP contribution in [0.5, 0.6) is 0 Å². The minimum absolute atomic E-state index is 0.0769. The van der Waals surface area contributed by atoms with Gasteiger partial charge >= 0.3 is 0 Å². The van der Waals surface area contributed by atoms with E-state index in [0.29, 0.717) is 13.0 Å². The molecule has 0 aromatic carbocycles. The molecule has 1 atom stereocenters. The van der Waals surface area contributed by atoms with E-state index in [0.717, 1.165) is 17.7 Å². The van der Waals surface area contributed by atoms with Crippen molar-refractivity contribution in [3.05, 3.63) is 23.7 Å². The first-order valence-electron chi connectivity index (χ1n) is 5.53. The average Bonchev–Trinajstić information content (AvgIpc) is 2.60. The third kappa shape index (κ3) is 3.70. The molecule has 0 bridgehead atoms. The summed E-state index contributed by atoms with van der Waals surface area (Å²) >= 11 is 0. The summed E-state index contributed by atoms with van der Waals surface area (Å²) in [6.45, 7) is 4.41. The Morgan fingerprint density at radius 2 is 2.31 bits per heavy atom. The molecule has 0 saturated heterocycles. The number of nitrogens with zero attached hydrogens (tertiary/aromatic N) is 1. The van der Waals surface area contributed by atoms with Crippen LogP contribution in [0.2, 0.25) is 0 Å². The molecule has 2 N–H and O–H groups in total. The highest BCUT2D eigenvalue weighted by atomic mass is 16.3. The van der Waals surface area contributed by atoms with Gasteiger partial charge in [0.15, 0.2) is 0 Å². The number of amides is 1. The van der Waals surface area contributed by atoms with Crippen molar-refractivity contribution in [2.45, 2.75) is 39.3 Å². The number of nitrogens with two attached hydrogens (primary N) is 1. The van der Waals surface area contributed by atoms with Crippen LogP contribution in [0.4, 0.5) is 0 Å².